The molecule has 0 amide bonds. The van der Waals surface area contributed by atoms with E-state index in [2.05, 4.69) is 11.6 Å². The molecule has 0 aliphatic rings. The van der Waals surface area contributed by atoms with E-state index < -0.39 is 49.3 Å². The molecule has 0 saturated carbocycles. The molecule has 37 heavy (non-hydrogen) atoms. The standard InChI is InChI=1S/C27H49NO7S2/c1-4-6-7-8-9-10-11-12-13-14-15-16-17-24(29)26(30)25(27(31)36(32,33)5-2)28-37(34,35)23-20-18-22(3)19-21-23/h18-21,24-31H,4-17H2,1-3H3/t24-,25-,26-,27?/m1/s1. The molecule has 0 aliphatic carbocycles. The van der Waals surface area contributed by atoms with Gasteiger partial charge < -0.3 is 15.3 Å². The van der Waals surface area contributed by atoms with E-state index in [0.717, 1.165) is 24.8 Å². The molecular weight excluding hydrogens is 514 g/mol. The fraction of sp³-hybridized carbons (Fsp3) is 0.778. The van der Waals surface area contributed by atoms with Gasteiger partial charge in [0.15, 0.2) is 15.3 Å². The first-order valence-corrected chi connectivity index (χ1v) is 17.0. The molecule has 1 aromatic carbocycles. The molecule has 0 heterocycles. The Balaban J connectivity index is 2.61. The highest BCUT2D eigenvalue weighted by molar-refractivity contribution is 7.92. The van der Waals surface area contributed by atoms with Crippen LogP contribution in [0, 0.1) is 6.92 Å². The maximum atomic E-state index is 12.9. The Morgan fingerprint density at radius 3 is 1.65 bits per heavy atom. The van der Waals surface area contributed by atoms with Crippen molar-refractivity contribution >= 4 is 19.9 Å². The van der Waals surface area contributed by atoms with E-state index in [1.54, 1.807) is 19.1 Å². The molecule has 216 valence electrons. The van der Waals surface area contributed by atoms with Crippen LogP contribution in [0.3, 0.4) is 0 Å². The van der Waals surface area contributed by atoms with Crippen LogP contribution >= 0.6 is 0 Å². The minimum Gasteiger partial charge on any atom is -0.390 e. The van der Waals surface area contributed by atoms with Gasteiger partial charge in [-0.3, -0.25) is 0 Å². The van der Waals surface area contributed by atoms with Crippen LogP contribution in [0.4, 0.5) is 0 Å². The van der Waals surface area contributed by atoms with E-state index in [-0.39, 0.29) is 11.3 Å². The number of sulfonamides is 1. The number of unbranched alkanes of at least 4 members (excludes halogenated alkanes) is 11. The van der Waals surface area contributed by atoms with Gasteiger partial charge in [-0.1, -0.05) is 109 Å². The van der Waals surface area contributed by atoms with Gasteiger partial charge in [0.1, 0.15) is 0 Å². The molecule has 1 unspecified atom stereocenters. The number of benzene rings is 1. The highest BCUT2D eigenvalue weighted by atomic mass is 32.2. The average molecular weight is 564 g/mol. The molecule has 0 spiro atoms. The summed E-state index contributed by atoms with van der Waals surface area (Å²) in [5.74, 6) is -0.446. The van der Waals surface area contributed by atoms with Crippen LogP contribution in [0.2, 0.25) is 0 Å². The van der Waals surface area contributed by atoms with Crippen LogP contribution in [-0.2, 0) is 19.9 Å². The average Bonchev–Trinajstić information content (AvgIpc) is 2.87. The zero-order chi connectivity index (χ0) is 27.9. The third-order valence-corrected chi connectivity index (χ3v) is 10.1. The van der Waals surface area contributed by atoms with Crippen LogP contribution in [0.5, 0.6) is 0 Å². The van der Waals surface area contributed by atoms with Crippen molar-refractivity contribution in [1.29, 1.82) is 0 Å². The van der Waals surface area contributed by atoms with E-state index in [1.165, 1.54) is 70.4 Å². The molecule has 0 bridgehead atoms. The molecule has 0 radical (unpaired) electrons. The maximum absolute atomic E-state index is 12.9. The van der Waals surface area contributed by atoms with Crippen LogP contribution in [0.25, 0.3) is 0 Å². The number of aliphatic hydroxyl groups is 3. The zero-order valence-corrected chi connectivity index (χ0v) is 24.4. The summed E-state index contributed by atoms with van der Waals surface area (Å²) in [6.07, 6.45) is 10.7. The second kappa shape index (κ2) is 17.5. The fourth-order valence-corrected chi connectivity index (χ4v) is 6.62. The summed E-state index contributed by atoms with van der Waals surface area (Å²) in [4.78, 5) is -0.133. The Bertz CT molecular complexity index is 949. The van der Waals surface area contributed by atoms with Gasteiger partial charge in [-0.2, -0.15) is 0 Å². The molecule has 4 atom stereocenters. The van der Waals surface area contributed by atoms with Crippen LogP contribution in [0.1, 0.15) is 103 Å². The summed E-state index contributed by atoms with van der Waals surface area (Å²) in [6.45, 7) is 5.32. The molecular formula is C27H49NO7S2. The van der Waals surface area contributed by atoms with Gasteiger partial charge in [0.2, 0.25) is 10.0 Å². The topological polar surface area (TPSA) is 141 Å². The van der Waals surface area contributed by atoms with Crippen molar-refractivity contribution in [2.45, 2.75) is 133 Å². The lowest BCUT2D eigenvalue weighted by Gasteiger charge is -2.30. The number of aryl methyl sites for hydroxylation is 1. The molecule has 1 rings (SSSR count). The lowest BCUT2D eigenvalue weighted by atomic mass is 10.00. The molecule has 10 heteroatoms. The molecule has 8 nitrogen and oxygen atoms in total. The SMILES string of the molecule is CCCCCCCCCCCCCC[C@@H](O)[C@@H](O)[C@@H](NS(=O)(=O)c1ccc(C)cc1)C(O)S(=O)(=O)CC. The fourth-order valence-electron chi connectivity index (χ4n) is 4.26. The monoisotopic (exact) mass is 563 g/mol. The zero-order valence-electron chi connectivity index (χ0n) is 22.8. The van der Waals surface area contributed by atoms with Gasteiger partial charge in [0, 0.05) is 0 Å². The second-order valence-electron chi connectivity index (χ2n) is 10.0. The number of hydrogen-bond donors (Lipinski definition) is 4. The second-order valence-corrected chi connectivity index (χ2v) is 14.1. The van der Waals surface area contributed by atoms with Gasteiger partial charge in [-0.05, 0) is 25.5 Å². The lowest BCUT2D eigenvalue weighted by molar-refractivity contribution is -0.0221. The minimum absolute atomic E-state index is 0.133. The quantitative estimate of drug-likeness (QED) is 0.164. The van der Waals surface area contributed by atoms with Crippen molar-refractivity contribution in [2.24, 2.45) is 0 Å². The van der Waals surface area contributed by atoms with Crippen LogP contribution in [-0.4, -0.2) is 61.6 Å². The van der Waals surface area contributed by atoms with E-state index in [0.29, 0.717) is 6.42 Å². The largest absolute Gasteiger partial charge is 0.390 e. The number of nitrogens with one attached hydrogen (secondary N) is 1. The first kappa shape index (κ1) is 34.0. The van der Waals surface area contributed by atoms with Gasteiger partial charge >= 0.3 is 0 Å². The minimum atomic E-state index is -4.26. The van der Waals surface area contributed by atoms with Crippen molar-refractivity contribution in [2.75, 3.05) is 5.75 Å². The van der Waals surface area contributed by atoms with Gasteiger partial charge in [0.05, 0.1) is 28.9 Å². The van der Waals surface area contributed by atoms with Crippen molar-refractivity contribution < 1.29 is 32.2 Å². The van der Waals surface area contributed by atoms with Crippen LogP contribution in [0.15, 0.2) is 29.2 Å². The van der Waals surface area contributed by atoms with E-state index in [4.69, 9.17) is 0 Å². The smallest absolute Gasteiger partial charge is 0.241 e. The Morgan fingerprint density at radius 2 is 1.19 bits per heavy atom. The summed E-state index contributed by atoms with van der Waals surface area (Å²) >= 11 is 0. The van der Waals surface area contributed by atoms with E-state index >= 15 is 0 Å². The molecule has 0 aliphatic heterocycles. The lowest BCUT2D eigenvalue weighted by Crippen LogP contribution is -2.57. The van der Waals surface area contributed by atoms with Crippen LogP contribution < -0.4 is 4.72 Å². The Labute approximate surface area is 224 Å². The summed E-state index contributed by atoms with van der Waals surface area (Å²) in [5.41, 5.74) is -1.37. The third kappa shape index (κ3) is 12.6. The van der Waals surface area contributed by atoms with Gasteiger partial charge in [-0.15, -0.1) is 0 Å². The number of aliphatic hydroxyl groups excluding tert-OH is 3. The molecule has 0 saturated heterocycles. The normalized spacial score (nSPS) is 15.8. The summed E-state index contributed by atoms with van der Waals surface area (Å²) in [7, 11) is -8.39. The Morgan fingerprint density at radius 1 is 0.730 bits per heavy atom. The van der Waals surface area contributed by atoms with Crippen molar-refractivity contribution in [3.05, 3.63) is 29.8 Å². The molecule has 1 aromatic rings. The highest BCUT2D eigenvalue weighted by Gasteiger charge is 2.40. The molecule has 0 fully saturated rings. The Kier molecular flexibility index (Phi) is 16.1. The number of rotatable bonds is 21. The first-order valence-electron chi connectivity index (χ1n) is 13.8. The number of sulfone groups is 1. The summed E-state index contributed by atoms with van der Waals surface area (Å²) < 4.78 is 52.5. The maximum Gasteiger partial charge on any atom is 0.241 e. The van der Waals surface area contributed by atoms with Crippen molar-refractivity contribution in [1.82, 2.24) is 4.72 Å². The first-order chi connectivity index (χ1) is 17.5. The Hall–Kier alpha value is -1.04. The highest BCUT2D eigenvalue weighted by Crippen LogP contribution is 2.20. The van der Waals surface area contributed by atoms with Crippen molar-refractivity contribution in [3.63, 3.8) is 0 Å². The molecule has 4 N–H and O–H groups in total. The molecule has 0 aromatic heterocycles. The summed E-state index contributed by atoms with van der Waals surface area (Å²) in [5, 5.41) is 31.8. The van der Waals surface area contributed by atoms with Crippen molar-refractivity contribution in [3.8, 4) is 0 Å². The summed E-state index contributed by atoms with van der Waals surface area (Å²) in [6, 6.07) is 4.06. The van der Waals surface area contributed by atoms with Gasteiger partial charge in [-0.25, -0.2) is 21.6 Å². The predicted octanol–water partition coefficient (Wildman–Crippen LogP) is 4.21. The number of hydrogen-bond acceptors (Lipinski definition) is 7. The van der Waals surface area contributed by atoms with E-state index in [9.17, 15) is 32.2 Å². The third-order valence-electron chi connectivity index (χ3n) is 6.82. The van der Waals surface area contributed by atoms with E-state index in [1.807, 2.05) is 0 Å². The van der Waals surface area contributed by atoms with Gasteiger partial charge in [0.25, 0.3) is 0 Å². The predicted molar refractivity (Wildman–Crippen MR) is 148 cm³/mol.